The Morgan fingerprint density at radius 1 is 0.833 bits per heavy atom. The van der Waals surface area contributed by atoms with Crippen molar-refractivity contribution in [1.29, 1.82) is 0 Å². The maximum atomic E-state index is 5.74. The lowest BCUT2D eigenvalue weighted by molar-refractivity contribution is 0.627. The summed E-state index contributed by atoms with van der Waals surface area (Å²) in [4.78, 5) is 0. The molecule has 0 fully saturated rings. The van der Waals surface area contributed by atoms with Crippen molar-refractivity contribution in [3.63, 3.8) is 0 Å². The van der Waals surface area contributed by atoms with E-state index in [9.17, 15) is 0 Å². The van der Waals surface area contributed by atoms with E-state index >= 15 is 0 Å². The highest BCUT2D eigenvalue weighted by atomic mass is 79.9. The topological polar surface area (TPSA) is 0 Å². The molecule has 0 aromatic carbocycles. The van der Waals surface area contributed by atoms with Crippen molar-refractivity contribution in [1.82, 2.24) is 0 Å². The number of rotatable bonds is 8. The smallest absolute Gasteiger partial charge is 0.150 e. The summed E-state index contributed by atoms with van der Waals surface area (Å²) in [5, 5.41) is 1.14. The first-order valence-corrected chi connectivity index (χ1v) is 10.0. The second-order valence-electron chi connectivity index (χ2n) is 2.99. The van der Waals surface area contributed by atoms with Crippen molar-refractivity contribution in [3.05, 3.63) is 0 Å². The number of alkyl halides is 1. The molecule has 0 spiro atoms. The molecule has 0 saturated carbocycles. The Morgan fingerprint density at radius 2 is 1.33 bits per heavy atom. The van der Waals surface area contributed by atoms with Gasteiger partial charge in [-0.25, -0.2) is 0 Å². The average molecular weight is 292 g/mol. The zero-order valence-electron chi connectivity index (χ0n) is 7.37. The molecule has 4 heteroatoms. The summed E-state index contributed by atoms with van der Waals surface area (Å²) in [6.45, 7) is 0. The standard InChI is InChI=1S/C8H17BrCl2Si/c9-7-5-3-1-2-4-6-8-12(10)11/h12H,1-8H2. The Morgan fingerprint density at radius 3 is 1.83 bits per heavy atom. The molecular weight excluding hydrogens is 275 g/mol. The summed E-state index contributed by atoms with van der Waals surface area (Å²) >= 11 is 14.9. The van der Waals surface area contributed by atoms with Gasteiger partial charge in [-0.15, -0.1) is 0 Å². The normalized spacial score (nSPS) is 11.0. The van der Waals surface area contributed by atoms with Crippen LogP contribution in [0, 0.1) is 0 Å². The van der Waals surface area contributed by atoms with Gasteiger partial charge in [0.05, 0.1) is 0 Å². The highest BCUT2D eigenvalue weighted by molar-refractivity contribution is 9.09. The molecule has 0 nitrogen and oxygen atoms in total. The molecule has 0 atom stereocenters. The van der Waals surface area contributed by atoms with Gasteiger partial charge in [0.25, 0.3) is 0 Å². The molecule has 0 radical (unpaired) electrons. The van der Waals surface area contributed by atoms with E-state index in [-0.39, 0.29) is 0 Å². The Bertz CT molecular complexity index is 91.1. The van der Waals surface area contributed by atoms with Crippen LogP contribution >= 0.6 is 38.1 Å². The minimum atomic E-state index is -1.30. The lowest BCUT2D eigenvalue weighted by Gasteiger charge is -2.00. The zero-order chi connectivity index (χ0) is 9.23. The number of hydrogen-bond donors (Lipinski definition) is 0. The first-order valence-electron chi connectivity index (χ1n) is 4.61. The van der Waals surface area contributed by atoms with Gasteiger partial charge in [0.15, 0.2) is 0 Å². The predicted molar refractivity (Wildman–Crippen MR) is 65.2 cm³/mol. The maximum Gasteiger partial charge on any atom is 0.237 e. The van der Waals surface area contributed by atoms with Crippen LogP contribution in [-0.2, 0) is 0 Å². The van der Waals surface area contributed by atoms with Crippen molar-refractivity contribution in [2.45, 2.75) is 44.6 Å². The molecule has 0 rings (SSSR count). The molecule has 0 aliphatic carbocycles. The van der Waals surface area contributed by atoms with Crippen LogP contribution in [0.1, 0.15) is 38.5 Å². The summed E-state index contributed by atoms with van der Waals surface area (Å²) < 4.78 is 0. The quantitative estimate of drug-likeness (QED) is 0.269. The summed E-state index contributed by atoms with van der Waals surface area (Å²) in [6, 6.07) is 1.08. The number of hydrogen-bond acceptors (Lipinski definition) is 0. The monoisotopic (exact) mass is 290 g/mol. The molecule has 0 N–H and O–H groups in total. The van der Waals surface area contributed by atoms with Crippen molar-refractivity contribution in [3.8, 4) is 0 Å². The van der Waals surface area contributed by atoms with E-state index in [0.29, 0.717) is 0 Å². The average Bonchev–Trinajstić information content (AvgIpc) is 2.02. The van der Waals surface area contributed by atoms with Crippen molar-refractivity contribution >= 4 is 45.5 Å². The first-order chi connectivity index (χ1) is 5.77. The van der Waals surface area contributed by atoms with Crippen molar-refractivity contribution in [2.75, 3.05) is 5.33 Å². The van der Waals surface area contributed by atoms with E-state index in [0.717, 1.165) is 11.4 Å². The molecule has 0 heterocycles. The Hall–Kier alpha value is 1.28. The molecule has 74 valence electrons. The van der Waals surface area contributed by atoms with Crippen LogP contribution in [0.15, 0.2) is 0 Å². The fourth-order valence-electron chi connectivity index (χ4n) is 1.10. The van der Waals surface area contributed by atoms with E-state index in [1.165, 1.54) is 38.5 Å². The molecule has 0 aliphatic heterocycles. The van der Waals surface area contributed by atoms with E-state index in [1.54, 1.807) is 0 Å². The number of unbranched alkanes of at least 4 members (excludes halogenated alkanes) is 5. The van der Waals surface area contributed by atoms with Crippen LogP contribution in [-0.4, -0.2) is 12.7 Å². The molecule has 12 heavy (non-hydrogen) atoms. The third kappa shape index (κ3) is 11.3. The molecule has 0 bridgehead atoms. The fourth-order valence-corrected chi connectivity index (χ4v) is 3.02. The van der Waals surface area contributed by atoms with Gasteiger partial charge in [-0.1, -0.05) is 48.0 Å². The number of halogens is 3. The highest BCUT2D eigenvalue weighted by Crippen LogP contribution is 2.12. The van der Waals surface area contributed by atoms with E-state index in [4.69, 9.17) is 22.2 Å². The lowest BCUT2D eigenvalue weighted by atomic mass is 10.1. The molecular formula is C8H17BrCl2Si. The largest absolute Gasteiger partial charge is 0.237 e. The molecule has 0 amide bonds. The third-order valence-corrected chi connectivity index (χ3v) is 4.52. The third-order valence-electron chi connectivity index (χ3n) is 1.81. The van der Waals surface area contributed by atoms with E-state index in [1.807, 2.05) is 0 Å². The summed E-state index contributed by atoms with van der Waals surface area (Å²) in [5.41, 5.74) is 0. The van der Waals surface area contributed by atoms with Gasteiger partial charge in [0.2, 0.25) is 7.42 Å². The van der Waals surface area contributed by atoms with Gasteiger partial charge in [0, 0.05) is 5.33 Å². The zero-order valence-corrected chi connectivity index (χ0v) is 11.6. The fraction of sp³-hybridized carbons (Fsp3) is 1.00. The lowest BCUT2D eigenvalue weighted by Crippen LogP contribution is -1.91. The minimum Gasteiger partial charge on any atom is -0.150 e. The van der Waals surface area contributed by atoms with Crippen molar-refractivity contribution < 1.29 is 0 Å². The van der Waals surface area contributed by atoms with E-state index < -0.39 is 7.42 Å². The highest BCUT2D eigenvalue weighted by Gasteiger charge is 2.00. The minimum absolute atomic E-state index is 1.08. The van der Waals surface area contributed by atoms with Crippen LogP contribution in [0.25, 0.3) is 0 Å². The van der Waals surface area contributed by atoms with E-state index in [2.05, 4.69) is 15.9 Å². The summed E-state index contributed by atoms with van der Waals surface area (Å²) in [5.74, 6) is 0. The Kier molecular flexibility index (Phi) is 11.5. The maximum absolute atomic E-state index is 5.74. The SMILES string of the molecule is Cl[SiH](Cl)CCCCCCCCBr. The van der Waals surface area contributed by atoms with Crippen LogP contribution < -0.4 is 0 Å². The molecule has 0 aromatic heterocycles. The predicted octanol–water partition coefficient (Wildman–Crippen LogP) is 4.42. The van der Waals surface area contributed by atoms with Crippen LogP contribution in [0.4, 0.5) is 0 Å². The first kappa shape index (κ1) is 13.3. The van der Waals surface area contributed by atoms with Gasteiger partial charge in [0.1, 0.15) is 0 Å². The van der Waals surface area contributed by atoms with Gasteiger partial charge < -0.3 is 0 Å². The van der Waals surface area contributed by atoms with Crippen LogP contribution in [0.3, 0.4) is 0 Å². The Balaban J connectivity index is 2.82. The Labute approximate surface area is 95.2 Å². The molecule has 0 aromatic rings. The molecule has 0 aliphatic rings. The molecule has 0 unspecified atom stereocenters. The van der Waals surface area contributed by atoms with Crippen LogP contribution in [0.2, 0.25) is 6.04 Å². The van der Waals surface area contributed by atoms with Gasteiger partial charge in [-0.05, 0) is 12.5 Å². The summed E-state index contributed by atoms with van der Waals surface area (Å²) in [6.07, 6.45) is 7.92. The van der Waals surface area contributed by atoms with Gasteiger partial charge in [-0.2, -0.15) is 22.2 Å². The summed E-state index contributed by atoms with van der Waals surface area (Å²) in [7, 11) is -1.30. The van der Waals surface area contributed by atoms with Crippen LogP contribution in [0.5, 0.6) is 0 Å². The van der Waals surface area contributed by atoms with Gasteiger partial charge in [-0.3, -0.25) is 0 Å². The molecule has 0 saturated heterocycles. The van der Waals surface area contributed by atoms with Crippen molar-refractivity contribution in [2.24, 2.45) is 0 Å². The second kappa shape index (κ2) is 10.4. The second-order valence-corrected chi connectivity index (χ2v) is 8.97. The van der Waals surface area contributed by atoms with Gasteiger partial charge >= 0.3 is 0 Å².